The van der Waals surface area contributed by atoms with E-state index in [1.54, 1.807) is 66.9 Å². The number of nitrogen functional groups attached to an aromatic ring is 1. The normalized spacial score (nSPS) is 10.1. The van der Waals surface area contributed by atoms with Gasteiger partial charge < -0.3 is 229 Å². The van der Waals surface area contributed by atoms with E-state index in [0.29, 0.717) is 28.2 Å². The van der Waals surface area contributed by atoms with Crippen molar-refractivity contribution >= 4 is 232 Å². The van der Waals surface area contributed by atoms with Crippen molar-refractivity contribution in [2.24, 2.45) is 32.0 Å². The number of halogens is 15. The Morgan fingerprint density at radius 3 is 1.44 bits per heavy atom. The summed E-state index contributed by atoms with van der Waals surface area (Å²) in [7, 11) is 61.0. The molecule has 0 radical (unpaired) electrons. The summed E-state index contributed by atoms with van der Waals surface area (Å²) in [5, 5.41) is 88.8. The second-order valence-electron chi connectivity index (χ2n) is 20.9. The molecule has 0 saturated carbocycles. The van der Waals surface area contributed by atoms with E-state index in [9.17, 15) is 34.2 Å². The molecule has 1 saturated heterocycles. The summed E-state index contributed by atoms with van der Waals surface area (Å²) in [6.07, 6.45) is 9.69. The molecule has 5 heterocycles. The second-order valence-corrected chi connectivity index (χ2v) is 57.2. The van der Waals surface area contributed by atoms with Crippen molar-refractivity contribution in [3.8, 4) is 17.2 Å². The number of anilines is 2. The van der Waals surface area contributed by atoms with Crippen LogP contribution in [0.25, 0.3) is 136 Å². The van der Waals surface area contributed by atoms with Gasteiger partial charge >= 0.3 is 268 Å². The number of allylic oxidation sites excluding steroid dienone is 2. The molecule has 72 heteroatoms. The zero-order chi connectivity index (χ0) is 101. The Morgan fingerprint density at radius 2 is 1.01 bits per heavy atom. The van der Waals surface area contributed by atoms with Crippen LogP contribution in [-0.2, 0) is 124 Å². The van der Waals surface area contributed by atoms with Gasteiger partial charge in [-0.05, 0) is 94.6 Å². The first kappa shape index (κ1) is 183. The number of aryl methyl sites for hydroxylation is 1. The number of carboxylic acid groups (broad SMARTS) is 1. The minimum Gasteiger partial charge on any atom is -0.700 e. The van der Waals surface area contributed by atoms with E-state index in [2.05, 4.69) is 92.7 Å². The summed E-state index contributed by atoms with van der Waals surface area (Å²) in [5.74, 6) is -0.420. The monoisotopic (exact) mass is 3770 g/mol. The number of fused-ring (bicyclic) bond motifs is 6. The van der Waals surface area contributed by atoms with Gasteiger partial charge in [-0.2, -0.15) is 11.4 Å². The molecule has 0 spiro atoms. The van der Waals surface area contributed by atoms with Gasteiger partial charge in [-0.25, -0.2) is 4.79 Å². The minimum absolute atomic E-state index is 0. The number of carbonyl (C=O) groups excluding carboxylic acids is 2. The molecule has 1 atom stereocenters. The first-order valence-corrected chi connectivity index (χ1v) is 79.0. The van der Waals surface area contributed by atoms with Crippen LogP contribution in [0.5, 0.6) is 17.2 Å². The summed E-state index contributed by atoms with van der Waals surface area (Å²) in [4.78, 5) is 109. The zero-order valence-corrected chi connectivity index (χ0v) is 103. The number of benzene rings is 8. The van der Waals surface area contributed by atoms with Gasteiger partial charge in [-0.3, -0.25) is 14.6 Å². The first-order chi connectivity index (χ1) is 62.9. The van der Waals surface area contributed by atoms with Crippen molar-refractivity contribution < 1.29 is 166 Å². The molecule has 0 amide bonds. The Hall–Kier alpha value is -6.03. The summed E-state index contributed by atoms with van der Waals surface area (Å²) >= 11 is 2.46. The van der Waals surface area contributed by atoms with Crippen LogP contribution < -0.4 is 54.8 Å². The zero-order valence-electron chi connectivity index (χ0n) is 72.6. The third kappa shape index (κ3) is 82.8. The molecule has 842 valence electrons. The standard InChI is InChI=1S/C22H16O3.C13H11N2.C10H9O4.C9H7NO.C8H7N3O2.C6H6N2.C4H8NO.13ClH.2HI.6HNO2.12H2N.7Pt/c1-13-7-9-17-19(11-13)25-20-12-14(2)8-10-18(20)21(17)15-5-3-4-6-16(15)22(23)24;14-13-9-5-1-3-7-11(9)15-12-8-4-2-6-10(12)13;1-13-9(11)7-5-3-4-6-8(7)10(12)14-2;11-9-5-6-10-8-4-2-1-3-7(8)9;9-5-3-1-2-4-6(5)8(13)11-10-7(4)12;7-5-3-1-2-4-6(5)8;1-3-6-4-2-5-1;;;;;;;;;;;;;;;;6*2-1-3;;;;;;;;;;;;;;;;;;;/h3-12H,1H2,2H3,(H,23,24);1-8,11,14-15H;3-5H,1-2H3;1-6H,(H,10,11);1-3H,(H4,9,10,11,12,13);1-4,7-8H;1-4H2;15*1H;6*(H,2,3);12*1H2;;;;;;;/q;2*-1;;;-2;-1;;;;;;;;;;;;;;;;;;;;;;12*-1;4*+2;3*+4/p-22. The van der Waals surface area contributed by atoms with Crippen LogP contribution in [0.4, 0.5) is 22.7 Å². The molecule has 144 heavy (non-hydrogen) atoms. The number of nitrogens with two attached hydrogens (primary N) is 13. The molecule has 8 aromatic carbocycles. The molecule has 4 aliphatic rings. The maximum absolute atomic E-state index is 11.7. The molecular weight excluding hydrogens is 3690 g/mol. The third-order valence-corrected chi connectivity index (χ3v) is 14.0. The van der Waals surface area contributed by atoms with E-state index in [-0.39, 0.29) is 143 Å². The number of carbonyl (C=O) groups is 3. The fraction of sp³-hybridized carbons (Fsp3) is 0.111. The number of H-pyrrole nitrogens is 1. The number of nitrogens with zero attached hydrogens (tertiary/aromatic N) is 9. The van der Waals surface area contributed by atoms with Crippen molar-refractivity contribution in [3.05, 3.63) is 445 Å². The van der Waals surface area contributed by atoms with E-state index in [0.717, 1.165) is 119 Å². The molecule has 1 fully saturated rings. The number of methoxy groups -OCH3 is 2. The summed E-state index contributed by atoms with van der Waals surface area (Å²) in [6.45, 7) is 9.44. The molecule has 10 aromatic rings. The van der Waals surface area contributed by atoms with Gasteiger partial charge in [0.15, 0.2) is 0 Å². The number of aromatic hydroxyl groups is 1. The Bertz CT molecular complexity index is 5180. The van der Waals surface area contributed by atoms with E-state index >= 15 is 0 Å². The van der Waals surface area contributed by atoms with Gasteiger partial charge in [0.1, 0.15) is 22.8 Å². The molecule has 1 unspecified atom stereocenters. The van der Waals surface area contributed by atoms with E-state index in [4.69, 9.17) is 206 Å². The quantitative estimate of drug-likeness (QED) is 0.0273. The van der Waals surface area contributed by atoms with Crippen LogP contribution in [0.15, 0.2) is 254 Å². The number of morpholine rings is 1. The number of para-hydroxylation sites is 2. The average Bonchev–Trinajstić information content (AvgIpc) is 0.749. The minimum atomic E-state index is -0.946. The topological polar surface area (TPSA) is 1050 Å². The number of aromatic amines is 1. The van der Waals surface area contributed by atoms with E-state index < -0.39 is 128 Å². The second kappa shape index (κ2) is 126. The Balaban J connectivity index is -0.0000000705. The Morgan fingerprint density at radius 1 is 0.583 bits per heavy atom. The maximum Gasteiger partial charge on any atom is 0.0689 e. The smallest absolute Gasteiger partial charge is 0.0689 e. The molecule has 14 rings (SSSR count). The van der Waals surface area contributed by atoms with Gasteiger partial charge in [-0.1, -0.05) is 140 Å². The van der Waals surface area contributed by atoms with Crippen molar-refractivity contribution in [2.45, 2.75) is 13.0 Å². The van der Waals surface area contributed by atoms with E-state index in [1.807, 2.05) is 122 Å². The predicted molar refractivity (Wildman–Crippen MR) is 576 cm³/mol. The number of rotatable bonds is 4. The molecule has 2 aromatic heterocycles. The Labute approximate surface area is 959 Å². The first-order valence-electron chi connectivity index (χ1n) is 32.3. The van der Waals surface area contributed by atoms with Gasteiger partial charge in [0.25, 0.3) is 11.9 Å². The summed E-state index contributed by atoms with van der Waals surface area (Å²) in [6, 6.07) is 54.6. The van der Waals surface area contributed by atoms with Crippen LogP contribution in [0.1, 0.15) is 53.3 Å². The number of nitrogens with one attached hydrogen (secondary N) is 5. The number of pyridine rings is 1. The van der Waals surface area contributed by atoms with Crippen LogP contribution >= 0.6 is 152 Å². The number of ether oxygens (including phenoxy) is 4. The van der Waals surface area contributed by atoms with Crippen LogP contribution in [0.3, 0.4) is 0 Å². The van der Waals surface area contributed by atoms with Crippen LogP contribution in [0.2, 0.25) is 0 Å². The fourth-order valence-corrected chi connectivity index (χ4v) is 9.52. The number of esters is 2. The molecule has 1 aliphatic carbocycles. The summed E-state index contributed by atoms with van der Waals surface area (Å²) in [5.41, 5.74) is 36.3. The van der Waals surface area contributed by atoms with Crippen molar-refractivity contribution in [1.82, 2.24) is 15.2 Å². The molecule has 33 N–H and O–H groups in total. The third-order valence-electron chi connectivity index (χ3n) is 14.0. The van der Waals surface area contributed by atoms with Crippen molar-refractivity contribution in [3.63, 3.8) is 0 Å². The van der Waals surface area contributed by atoms with Gasteiger partial charge in [0.2, 0.25) is 5.56 Å². The molecule has 50 nitrogen and oxygen atoms in total. The molecule has 3 aliphatic heterocycles. The summed E-state index contributed by atoms with van der Waals surface area (Å²) < 4.78 is 20.1. The van der Waals surface area contributed by atoms with Gasteiger partial charge in [0, 0.05) is 63.3 Å². The van der Waals surface area contributed by atoms with Crippen LogP contribution in [0, 0.1) is 73.7 Å². The molecule has 0 bridgehead atoms. The van der Waals surface area contributed by atoms with Crippen LogP contribution in [-0.4, -0.2) is 84.8 Å². The SMILES string of the molecule is C1COCC[N-]1.C=c1ccc2c(c1)Oc1cc(C)ccc1C=2c1ccccc1C(=O)O.COC(=O)c1[c-]cccc1C(=O)OC.Nc1cccc2c(=O)[nH][n-]c(=O)c12.O=N[O-].O=N[O-].O=N[O-].O=N[O-].O=N[O-].O=N[O-].Oc1ccnc2ccccc12.[Cl-].[Cl][Pt+2][Cl].[Cl][Pt+2][Cl].[Cl][Pt][Cl].[Cl][Pt][Cl].[Cl][Pt][Cl].[Cl][Pt][Cl].[I][Pt+2][I].[NH-]C1=C2C=CC=CC2Nc2ccccc21.[NH-]c1ccccc1[NH-].[NH2-].[NH2-].[NH2-].[NH2-].[NH2-].[NH2-].[NH2-].[NH2-].[NH2-].[NH2-].[NH2-].[NH2-]. The predicted octanol–water partition coefficient (Wildman–Crippen LogP) is 29.8. The van der Waals surface area contributed by atoms with Gasteiger partial charge in [0.05, 0.1) is 31.3 Å². The van der Waals surface area contributed by atoms with Crippen molar-refractivity contribution in [1.29, 1.82) is 0 Å². The molecular formula is C72H87Cl13I2N27O23Pt7-19. The fourth-order valence-electron chi connectivity index (χ4n) is 9.52. The Kier molecular flexibility index (Phi) is 160. The number of aromatic carboxylic acids is 1. The number of aromatic nitrogens is 3. The average molecular weight is 3780 g/mol. The largest absolute Gasteiger partial charge is 0.700 e. The van der Waals surface area contributed by atoms with E-state index in [1.165, 1.54) is 32.4 Å². The number of carboxylic acids is 1. The number of hydrogen-bond acceptors (Lipinski definition) is 31. The maximum atomic E-state index is 11.7. The van der Waals surface area contributed by atoms with Gasteiger partial charge in [-0.15, -0.1) is 75.1 Å². The number of hydrogen-bond donors (Lipinski definition) is 5. The van der Waals surface area contributed by atoms with Crippen molar-refractivity contribution in [2.75, 3.05) is 51.6 Å².